The van der Waals surface area contributed by atoms with Crippen LogP contribution in [0, 0.1) is 0 Å². The first-order valence-electron chi connectivity index (χ1n) is 10.2. The number of amides is 1. The van der Waals surface area contributed by atoms with Gasteiger partial charge in [0.1, 0.15) is 0 Å². The van der Waals surface area contributed by atoms with Gasteiger partial charge in [0.25, 0.3) is 5.91 Å². The monoisotopic (exact) mass is 446 g/mol. The Hall–Kier alpha value is -2.76. The van der Waals surface area contributed by atoms with E-state index >= 15 is 0 Å². The van der Waals surface area contributed by atoms with Gasteiger partial charge in [0.2, 0.25) is 16.0 Å². The van der Waals surface area contributed by atoms with Crippen molar-refractivity contribution in [2.24, 2.45) is 4.99 Å². The van der Waals surface area contributed by atoms with Crippen LogP contribution in [0.1, 0.15) is 36.7 Å². The second kappa shape index (κ2) is 8.06. The van der Waals surface area contributed by atoms with Crippen molar-refractivity contribution in [2.75, 3.05) is 18.1 Å². The molecule has 10 nitrogen and oxygen atoms in total. The van der Waals surface area contributed by atoms with E-state index in [1.165, 1.54) is 12.1 Å². The number of aromatic nitrogens is 2. The van der Waals surface area contributed by atoms with Crippen molar-refractivity contribution in [1.29, 1.82) is 0 Å². The Morgan fingerprint density at radius 3 is 2.81 bits per heavy atom. The molecule has 2 aliphatic rings. The lowest BCUT2D eigenvalue weighted by molar-refractivity contribution is 0.0832. The van der Waals surface area contributed by atoms with Crippen molar-refractivity contribution >= 4 is 27.6 Å². The summed E-state index contributed by atoms with van der Waals surface area (Å²) in [5.74, 6) is 0.242. The fourth-order valence-corrected chi connectivity index (χ4v) is 5.12. The highest BCUT2D eigenvalue weighted by Gasteiger charge is 2.41. The van der Waals surface area contributed by atoms with Crippen molar-refractivity contribution in [3.63, 3.8) is 0 Å². The summed E-state index contributed by atoms with van der Waals surface area (Å²) in [5, 5.41) is 13.3. The maximum atomic E-state index is 13.4. The molecule has 31 heavy (non-hydrogen) atoms. The maximum absolute atomic E-state index is 13.4. The first-order chi connectivity index (χ1) is 14.7. The molecule has 0 spiro atoms. The summed E-state index contributed by atoms with van der Waals surface area (Å²) in [6.45, 7) is 6.62. The third kappa shape index (κ3) is 3.95. The molecule has 0 aliphatic carbocycles. The van der Waals surface area contributed by atoms with E-state index in [1.807, 2.05) is 11.8 Å². The Morgan fingerprint density at radius 1 is 1.32 bits per heavy atom. The van der Waals surface area contributed by atoms with Crippen molar-refractivity contribution < 1.29 is 18.3 Å². The molecule has 1 amide bonds. The molecule has 0 saturated heterocycles. The number of nitrogens with one attached hydrogen (secondary N) is 1. The highest BCUT2D eigenvalue weighted by atomic mass is 32.2. The summed E-state index contributed by atoms with van der Waals surface area (Å²) < 4.78 is 29.5. The SMILES string of the molecule is CC(C)NS(=O)(=O)c1ccc2c(c1)C(=O)N(Cc1cnn(CCO)c1)C1=NC[C@@H](C)N12. The molecular formula is C20H26N6O4S. The van der Waals surface area contributed by atoms with E-state index in [0.717, 1.165) is 5.56 Å². The zero-order valence-corrected chi connectivity index (χ0v) is 18.5. The Kier molecular flexibility index (Phi) is 5.58. The van der Waals surface area contributed by atoms with Crippen LogP contribution in [-0.2, 0) is 23.1 Å². The van der Waals surface area contributed by atoms with Crippen LogP contribution >= 0.6 is 0 Å². The van der Waals surface area contributed by atoms with Crippen LogP contribution in [0.2, 0.25) is 0 Å². The molecule has 1 atom stereocenters. The van der Waals surface area contributed by atoms with Gasteiger partial charge in [-0.1, -0.05) is 0 Å². The number of aliphatic hydroxyl groups excluding tert-OH is 1. The smallest absolute Gasteiger partial charge is 0.263 e. The molecule has 0 bridgehead atoms. The van der Waals surface area contributed by atoms with E-state index in [-0.39, 0.29) is 36.0 Å². The van der Waals surface area contributed by atoms with Crippen molar-refractivity contribution in [3.8, 4) is 0 Å². The highest BCUT2D eigenvalue weighted by molar-refractivity contribution is 7.89. The average molecular weight is 447 g/mol. The summed E-state index contributed by atoms with van der Waals surface area (Å²) in [4.78, 5) is 21.6. The highest BCUT2D eigenvalue weighted by Crippen LogP contribution is 2.35. The largest absolute Gasteiger partial charge is 0.394 e. The predicted molar refractivity (Wildman–Crippen MR) is 115 cm³/mol. The number of carbonyl (C=O) groups excluding carboxylic acids is 1. The molecule has 2 N–H and O–H groups in total. The summed E-state index contributed by atoms with van der Waals surface area (Å²) in [6.07, 6.45) is 3.42. The van der Waals surface area contributed by atoms with Gasteiger partial charge >= 0.3 is 0 Å². The van der Waals surface area contributed by atoms with E-state index in [2.05, 4.69) is 14.8 Å². The summed E-state index contributed by atoms with van der Waals surface area (Å²) in [5.41, 5.74) is 1.77. The molecule has 3 heterocycles. The molecular weight excluding hydrogens is 420 g/mol. The molecule has 2 aromatic rings. The summed E-state index contributed by atoms with van der Waals surface area (Å²) in [7, 11) is -3.74. The fourth-order valence-electron chi connectivity index (χ4n) is 3.85. The van der Waals surface area contributed by atoms with Gasteiger partial charge in [-0.25, -0.2) is 13.1 Å². The average Bonchev–Trinajstić information content (AvgIpc) is 3.30. The van der Waals surface area contributed by atoms with Crippen LogP contribution in [0.25, 0.3) is 0 Å². The lowest BCUT2D eigenvalue weighted by atomic mass is 10.1. The van der Waals surface area contributed by atoms with E-state index in [1.54, 1.807) is 41.9 Å². The van der Waals surface area contributed by atoms with Gasteiger partial charge in [-0.3, -0.25) is 19.4 Å². The topological polar surface area (TPSA) is 120 Å². The van der Waals surface area contributed by atoms with Crippen LogP contribution in [0.15, 0.2) is 40.5 Å². The Morgan fingerprint density at radius 2 is 2.10 bits per heavy atom. The molecule has 0 saturated carbocycles. The van der Waals surface area contributed by atoms with Gasteiger partial charge in [-0.2, -0.15) is 5.10 Å². The second-order valence-corrected chi connectivity index (χ2v) is 9.76. The van der Waals surface area contributed by atoms with Crippen LogP contribution in [-0.4, -0.2) is 65.3 Å². The minimum Gasteiger partial charge on any atom is -0.394 e. The number of hydrogen-bond donors (Lipinski definition) is 2. The van der Waals surface area contributed by atoms with E-state index in [9.17, 15) is 13.2 Å². The maximum Gasteiger partial charge on any atom is 0.263 e. The minimum absolute atomic E-state index is 0.0309. The first-order valence-corrected chi connectivity index (χ1v) is 11.6. The Balaban J connectivity index is 1.73. The molecule has 0 fully saturated rings. The molecule has 166 valence electrons. The van der Waals surface area contributed by atoms with Crippen molar-refractivity contribution in [2.45, 2.75) is 50.8 Å². The van der Waals surface area contributed by atoms with E-state index in [0.29, 0.717) is 30.3 Å². The third-order valence-corrected chi connectivity index (χ3v) is 6.81. The number of carbonyl (C=O) groups is 1. The Labute approximate surface area is 181 Å². The second-order valence-electron chi connectivity index (χ2n) is 8.04. The molecule has 11 heteroatoms. The van der Waals surface area contributed by atoms with Gasteiger partial charge in [0.15, 0.2) is 0 Å². The molecule has 1 aromatic carbocycles. The lowest BCUT2D eigenvalue weighted by Crippen LogP contribution is -2.52. The number of aliphatic hydroxyl groups is 1. The number of guanidine groups is 1. The van der Waals surface area contributed by atoms with Crippen LogP contribution in [0.3, 0.4) is 0 Å². The Bertz CT molecular complexity index is 1140. The van der Waals surface area contributed by atoms with E-state index < -0.39 is 10.0 Å². The predicted octanol–water partition coefficient (Wildman–Crippen LogP) is 0.783. The number of nitrogens with zero attached hydrogens (tertiary/aromatic N) is 5. The van der Waals surface area contributed by atoms with E-state index in [4.69, 9.17) is 5.11 Å². The first kappa shape index (κ1) is 21.5. The number of fused-ring (bicyclic) bond motifs is 3. The number of rotatable bonds is 7. The van der Waals surface area contributed by atoms with Crippen LogP contribution < -0.4 is 9.62 Å². The number of hydrogen-bond acceptors (Lipinski definition) is 7. The number of sulfonamides is 1. The molecule has 4 rings (SSSR count). The summed E-state index contributed by atoms with van der Waals surface area (Å²) >= 11 is 0. The van der Waals surface area contributed by atoms with Gasteiger partial charge in [-0.15, -0.1) is 0 Å². The normalized spacial score (nSPS) is 18.4. The molecule has 0 radical (unpaired) electrons. The number of benzene rings is 1. The standard InChI is InChI=1S/C20H26N6O4S/c1-13(2)23-31(29,30)16-4-5-18-17(8-16)19(28)25(20-21-9-14(3)26(18)20)12-15-10-22-24(11-15)6-7-27/h4-5,8,10-11,13-14,23,27H,6-7,9,12H2,1-3H3/t14-/m1/s1. The minimum atomic E-state index is -3.74. The van der Waals surface area contributed by atoms with Crippen LogP contribution in [0.4, 0.5) is 5.69 Å². The quantitative estimate of drug-likeness (QED) is 0.649. The van der Waals surface area contributed by atoms with Crippen molar-refractivity contribution in [1.82, 2.24) is 19.4 Å². The van der Waals surface area contributed by atoms with Gasteiger partial charge in [-0.05, 0) is 39.0 Å². The van der Waals surface area contributed by atoms with Gasteiger partial charge < -0.3 is 10.0 Å². The lowest BCUT2D eigenvalue weighted by Gasteiger charge is -2.37. The van der Waals surface area contributed by atoms with Gasteiger partial charge in [0.05, 0.1) is 54.6 Å². The molecule has 1 aromatic heterocycles. The zero-order valence-electron chi connectivity index (χ0n) is 17.7. The number of aliphatic imine (C=N–C) groups is 1. The zero-order chi connectivity index (χ0) is 22.3. The number of anilines is 1. The molecule has 0 unspecified atom stereocenters. The fraction of sp³-hybridized carbons (Fsp3) is 0.450. The van der Waals surface area contributed by atoms with Crippen LogP contribution in [0.5, 0.6) is 0 Å². The molecule has 2 aliphatic heterocycles. The van der Waals surface area contributed by atoms with Crippen molar-refractivity contribution in [3.05, 3.63) is 41.7 Å². The van der Waals surface area contributed by atoms with Gasteiger partial charge in [0, 0.05) is 17.8 Å². The third-order valence-electron chi connectivity index (χ3n) is 5.16. The summed E-state index contributed by atoms with van der Waals surface area (Å²) in [6, 6.07) is 4.41.